The van der Waals surface area contributed by atoms with Gasteiger partial charge in [0.1, 0.15) is 0 Å². The zero-order valence-corrected chi connectivity index (χ0v) is 38.7. The number of allylic oxidation sites excluding steroid dienone is 1. The van der Waals surface area contributed by atoms with Crippen molar-refractivity contribution in [2.24, 2.45) is 0 Å². The maximum Gasteiger partial charge on any atom is 4.00 e. The van der Waals surface area contributed by atoms with E-state index in [1.54, 1.807) is 0 Å². The smallest absolute Gasteiger partial charge is 0.659 e. The fourth-order valence-corrected chi connectivity index (χ4v) is 8.17. The first-order chi connectivity index (χ1) is 27.2. The van der Waals surface area contributed by atoms with Gasteiger partial charge >= 0.3 is 21.1 Å². The predicted molar refractivity (Wildman–Crippen MR) is 248 cm³/mol. The summed E-state index contributed by atoms with van der Waals surface area (Å²) < 4.78 is 0. The quantitative estimate of drug-likeness (QED) is 0.110. The largest absolute Gasteiger partial charge is 4.00 e. The van der Waals surface area contributed by atoms with Crippen LogP contribution in [0, 0.1) is 40.2 Å². The van der Waals surface area contributed by atoms with E-state index in [0.717, 1.165) is 22.7 Å². The molecule has 0 amide bonds. The second kappa shape index (κ2) is 19.4. The Morgan fingerprint density at radius 2 is 1.36 bits per heavy atom. The number of hydrogen-bond donors (Lipinski definition) is 1. The summed E-state index contributed by atoms with van der Waals surface area (Å²) in [6.07, 6.45) is 8.16. The van der Waals surface area contributed by atoms with Crippen molar-refractivity contribution in [1.29, 1.82) is 0 Å². The van der Waals surface area contributed by atoms with E-state index < -0.39 is 0 Å². The van der Waals surface area contributed by atoms with Gasteiger partial charge in [0.25, 0.3) is 0 Å². The standard InChI is InChI=1S/C30H41N4.C21H19BN.Pt/c1-10-11-32(8)19-31-26-14-25(15-27(18-26)34-13-12-33(9)20-34)30-28(22(4)5)16-24(21(2)3)17-29(30)23(6)7;1-14-12-15(2)21(16(3)13-14)22-17-8-4-6-10-19(17)23-20-11-7-5-9-18(20)22;/h10-17,19-23,31H,1-9H3;4-13H,1-3H3;/q-3;-1;+4/b11-10-;;. The molecule has 0 atom stereocenters. The van der Waals surface area contributed by atoms with Gasteiger partial charge in [0.2, 0.25) is 6.71 Å². The van der Waals surface area contributed by atoms with Crippen LogP contribution < -0.4 is 26.6 Å². The van der Waals surface area contributed by atoms with Gasteiger partial charge < -0.3 is 25.3 Å². The summed E-state index contributed by atoms with van der Waals surface area (Å²) in [7, 11) is 4.06. The number of rotatable bonds is 10. The molecule has 2 aliphatic heterocycles. The molecule has 1 N–H and O–H groups in total. The van der Waals surface area contributed by atoms with Gasteiger partial charge in [0.15, 0.2) is 0 Å². The normalized spacial score (nSPS) is 13.1. The fraction of sp³-hybridized carbons (Fsp3) is 0.294. The minimum atomic E-state index is 0. The van der Waals surface area contributed by atoms with Crippen molar-refractivity contribution < 1.29 is 21.1 Å². The van der Waals surface area contributed by atoms with E-state index in [-0.39, 0.29) is 27.8 Å². The van der Waals surface area contributed by atoms with Crippen molar-refractivity contribution in [3.63, 3.8) is 0 Å². The van der Waals surface area contributed by atoms with Crippen molar-refractivity contribution in [3.8, 4) is 11.1 Å². The molecule has 0 bridgehead atoms. The maximum atomic E-state index is 4.86. The molecule has 0 saturated heterocycles. The van der Waals surface area contributed by atoms with Gasteiger partial charge in [0.05, 0.1) is 0 Å². The SMILES string of the molecule is C/C=C\N(C)[CH-]Nc1[c-]c(N2C=CN(C)[CH-]2)cc(-c2c(C(C)C)cc(C(C)C)cc2C(C)C)c1.Cc1cc(C)c(B2c3ccccc3[N-]c3ccccc32)c(C)c1.[Pt+4]. The number of anilines is 2. The molecule has 0 spiro atoms. The van der Waals surface area contributed by atoms with Gasteiger partial charge in [-0.2, -0.15) is 13.3 Å². The van der Waals surface area contributed by atoms with Crippen molar-refractivity contribution in [3.05, 3.63) is 168 Å². The van der Waals surface area contributed by atoms with Crippen molar-refractivity contribution in [1.82, 2.24) is 9.80 Å². The molecule has 0 fully saturated rings. The van der Waals surface area contributed by atoms with Crippen LogP contribution in [0.3, 0.4) is 0 Å². The van der Waals surface area contributed by atoms with E-state index in [1.807, 2.05) is 44.9 Å². The summed E-state index contributed by atoms with van der Waals surface area (Å²) in [4.78, 5) is 6.18. The molecular weight excluding hydrogens is 888 g/mol. The number of aryl methyl sites for hydroxylation is 3. The summed E-state index contributed by atoms with van der Waals surface area (Å²) in [5, 5.41) is 8.32. The number of hydrogen-bond acceptors (Lipinski definition) is 4. The summed E-state index contributed by atoms with van der Waals surface area (Å²) in [6.45, 7) is 26.7. The van der Waals surface area contributed by atoms with Crippen LogP contribution in [-0.4, -0.2) is 30.6 Å². The van der Waals surface area contributed by atoms with Gasteiger partial charge in [-0.15, -0.1) is 46.5 Å². The zero-order chi connectivity index (χ0) is 41.0. The van der Waals surface area contributed by atoms with E-state index in [0.29, 0.717) is 17.8 Å². The van der Waals surface area contributed by atoms with Crippen molar-refractivity contribution in [2.75, 3.05) is 24.3 Å². The molecule has 7 rings (SSSR count). The molecule has 0 aromatic heterocycles. The van der Waals surface area contributed by atoms with Gasteiger partial charge in [-0.25, -0.2) is 0 Å². The Labute approximate surface area is 365 Å². The van der Waals surface area contributed by atoms with E-state index in [9.17, 15) is 0 Å². The molecule has 0 aliphatic carbocycles. The van der Waals surface area contributed by atoms with E-state index >= 15 is 0 Å². The third-order valence-electron chi connectivity index (χ3n) is 10.9. The molecule has 302 valence electrons. The number of benzene rings is 5. The molecule has 7 heteroatoms. The Morgan fingerprint density at radius 3 is 1.86 bits per heavy atom. The molecule has 2 heterocycles. The molecule has 2 aliphatic rings. The Morgan fingerprint density at radius 1 is 0.793 bits per heavy atom. The average Bonchev–Trinajstić information content (AvgIpc) is 3.62. The molecular formula is C51H60BN5Pt. The molecule has 58 heavy (non-hydrogen) atoms. The van der Waals surface area contributed by atoms with Crippen LogP contribution in [-0.2, 0) is 21.1 Å². The monoisotopic (exact) mass is 948 g/mol. The fourth-order valence-electron chi connectivity index (χ4n) is 8.17. The molecule has 5 aromatic rings. The van der Waals surface area contributed by atoms with E-state index in [2.05, 4.69) is 187 Å². The van der Waals surface area contributed by atoms with Crippen LogP contribution >= 0.6 is 0 Å². The number of para-hydroxylation sites is 2. The van der Waals surface area contributed by atoms with Crippen LogP contribution in [0.15, 0.2) is 110 Å². The summed E-state index contributed by atoms with van der Waals surface area (Å²) in [5.74, 6) is 1.34. The Bertz CT molecular complexity index is 2160. The van der Waals surface area contributed by atoms with Gasteiger partial charge in [-0.3, -0.25) is 0 Å². The maximum absolute atomic E-state index is 4.86. The Hall–Kier alpha value is -4.67. The summed E-state index contributed by atoms with van der Waals surface area (Å²) in [5.41, 5.74) is 19.0. The first kappa shape index (κ1) is 44.4. The zero-order valence-electron chi connectivity index (χ0n) is 36.5. The molecule has 0 saturated carbocycles. The summed E-state index contributed by atoms with van der Waals surface area (Å²) >= 11 is 0. The number of fused-ring (bicyclic) bond motifs is 2. The van der Waals surface area contributed by atoms with Gasteiger partial charge in [0, 0.05) is 0 Å². The predicted octanol–water partition coefficient (Wildman–Crippen LogP) is 11.6. The van der Waals surface area contributed by atoms with Gasteiger partial charge in [-0.1, -0.05) is 153 Å². The van der Waals surface area contributed by atoms with Crippen LogP contribution in [0.1, 0.15) is 99.6 Å². The first-order valence-corrected chi connectivity index (χ1v) is 20.5. The Balaban J connectivity index is 0.000000232. The van der Waals surface area contributed by atoms with E-state index in [1.165, 1.54) is 60.9 Å². The third-order valence-corrected chi connectivity index (χ3v) is 10.9. The molecule has 5 nitrogen and oxygen atoms in total. The van der Waals surface area contributed by atoms with Gasteiger partial charge in [-0.05, 0) is 100 Å². The van der Waals surface area contributed by atoms with Crippen molar-refractivity contribution >= 4 is 45.9 Å². The number of nitrogens with one attached hydrogen (secondary N) is 1. The minimum absolute atomic E-state index is 0. The second-order valence-corrected chi connectivity index (χ2v) is 16.6. The van der Waals surface area contributed by atoms with Crippen LogP contribution in [0.5, 0.6) is 0 Å². The van der Waals surface area contributed by atoms with Crippen LogP contribution in [0.4, 0.5) is 22.7 Å². The second-order valence-electron chi connectivity index (χ2n) is 16.6. The Kier molecular flexibility index (Phi) is 14.9. The topological polar surface area (TPSA) is 35.9 Å². The third kappa shape index (κ3) is 9.95. The molecule has 0 unspecified atom stereocenters. The van der Waals surface area contributed by atoms with E-state index in [4.69, 9.17) is 5.32 Å². The minimum Gasteiger partial charge on any atom is -0.659 e. The molecule has 0 radical (unpaired) electrons. The van der Waals surface area contributed by atoms with Crippen molar-refractivity contribution in [2.45, 2.75) is 87.0 Å². The number of nitrogens with zero attached hydrogens (tertiary/aromatic N) is 4. The summed E-state index contributed by atoms with van der Waals surface area (Å²) in [6, 6.07) is 34.5. The van der Waals surface area contributed by atoms with Crippen LogP contribution in [0.25, 0.3) is 16.4 Å². The molecule has 5 aromatic carbocycles. The van der Waals surface area contributed by atoms with Crippen LogP contribution in [0.2, 0.25) is 0 Å². The first-order valence-electron chi connectivity index (χ1n) is 20.5. The average molecular weight is 949 g/mol.